The molecule has 3 N–H and O–H groups in total. The standard InChI is InChI=1S/C34H33N7O3/c1-22-8-6-16-40-28(21-36-31(22)40)29-27(19-35)20-37-32(39-29)38-23(2)25-11-13-26(14-12-25)30(42)34(15-7-17-41(34)33(43)44)18-24-9-4-3-5-10-24/h3-6,8-14,16,20-21,23,30,42H,7,15,17-18H2,1-2H3,(H,43,44)(H,37,38,39)/t23-,30?,34-/m0/s1. The maximum absolute atomic E-state index is 12.3. The summed E-state index contributed by atoms with van der Waals surface area (Å²) in [7, 11) is 0. The number of likely N-dealkylation sites (tertiary alicyclic amines) is 1. The Hall–Kier alpha value is -5.27. The van der Waals surface area contributed by atoms with Gasteiger partial charge in [0.15, 0.2) is 0 Å². The Morgan fingerprint density at radius 1 is 1.07 bits per heavy atom. The Morgan fingerprint density at radius 3 is 2.55 bits per heavy atom. The fourth-order valence-electron chi connectivity index (χ4n) is 6.31. The van der Waals surface area contributed by atoms with Gasteiger partial charge in [-0.25, -0.2) is 19.7 Å². The molecule has 0 saturated carbocycles. The second-order valence-corrected chi connectivity index (χ2v) is 11.3. The van der Waals surface area contributed by atoms with Gasteiger partial charge in [-0.05, 0) is 61.4 Å². The summed E-state index contributed by atoms with van der Waals surface area (Å²) < 4.78 is 1.91. The Bertz CT molecular complexity index is 1850. The third kappa shape index (κ3) is 5.23. The first-order valence-electron chi connectivity index (χ1n) is 14.6. The predicted octanol–water partition coefficient (Wildman–Crippen LogP) is 5.93. The van der Waals surface area contributed by atoms with Crippen LogP contribution in [-0.2, 0) is 6.42 Å². The number of aliphatic hydroxyl groups is 1. The molecular weight excluding hydrogens is 554 g/mol. The van der Waals surface area contributed by atoms with Gasteiger partial charge in [0.05, 0.1) is 35.2 Å². The highest BCUT2D eigenvalue weighted by atomic mass is 16.4. The lowest BCUT2D eigenvalue weighted by molar-refractivity contribution is -0.00261. The summed E-state index contributed by atoms with van der Waals surface area (Å²) in [6.45, 7) is 4.35. The number of aliphatic hydroxyl groups excluding tert-OH is 1. The van der Waals surface area contributed by atoms with Gasteiger partial charge < -0.3 is 15.5 Å². The number of benzene rings is 2. The average molecular weight is 588 g/mol. The van der Waals surface area contributed by atoms with Crippen LogP contribution in [0.2, 0.25) is 0 Å². The number of hydrogen-bond acceptors (Lipinski definition) is 7. The number of rotatable bonds is 8. The van der Waals surface area contributed by atoms with E-state index < -0.39 is 17.7 Å². The minimum absolute atomic E-state index is 0.202. The molecule has 222 valence electrons. The molecule has 10 nitrogen and oxygen atoms in total. The second kappa shape index (κ2) is 11.8. The number of nitriles is 1. The van der Waals surface area contributed by atoms with Crippen molar-refractivity contribution in [1.29, 1.82) is 5.26 Å². The zero-order chi connectivity index (χ0) is 30.8. The number of hydrogen-bond donors (Lipinski definition) is 3. The van der Waals surface area contributed by atoms with E-state index in [9.17, 15) is 20.3 Å². The number of nitrogens with zero attached hydrogens (tertiary/aromatic N) is 6. The molecule has 1 fully saturated rings. The van der Waals surface area contributed by atoms with Gasteiger partial charge in [-0.15, -0.1) is 0 Å². The lowest BCUT2D eigenvalue weighted by atomic mass is 9.79. The summed E-state index contributed by atoms with van der Waals surface area (Å²) in [5.41, 5.74) is 4.95. The minimum Gasteiger partial charge on any atom is -0.465 e. The van der Waals surface area contributed by atoms with Crippen LogP contribution in [-0.4, -0.2) is 52.6 Å². The van der Waals surface area contributed by atoms with Crippen LogP contribution < -0.4 is 5.32 Å². The van der Waals surface area contributed by atoms with Gasteiger partial charge in [0.25, 0.3) is 0 Å². The molecule has 1 amide bonds. The molecule has 10 heteroatoms. The zero-order valence-electron chi connectivity index (χ0n) is 24.6. The van der Waals surface area contributed by atoms with Crippen LogP contribution in [0.5, 0.6) is 0 Å². The highest BCUT2D eigenvalue weighted by Crippen LogP contribution is 2.43. The fraction of sp³-hybridized carbons (Fsp3) is 0.265. The normalized spacial score (nSPS) is 17.7. The van der Waals surface area contributed by atoms with Gasteiger partial charge in [-0.1, -0.05) is 60.7 Å². The van der Waals surface area contributed by atoms with Crippen LogP contribution in [0.4, 0.5) is 10.7 Å². The molecule has 0 radical (unpaired) electrons. The maximum Gasteiger partial charge on any atom is 0.407 e. The van der Waals surface area contributed by atoms with Crippen molar-refractivity contribution in [2.75, 3.05) is 11.9 Å². The maximum atomic E-state index is 12.3. The summed E-state index contributed by atoms with van der Waals surface area (Å²) in [5.74, 6) is 0.364. The van der Waals surface area contributed by atoms with E-state index >= 15 is 0 Å². The van der Waals surface area contributed by atoms with Crippen molar-refractivity contribution >= 4 is 17.7 Å². The number of aryl methyl sites for hydroxylation is 1. The number of imidazole rings is 1. The number of pyridine rings is 1. The number of aromatic nitrogens is 4. The Balaban J connectivity index is 1.24. The third-order valence-electron chi connectivity index (χ3n) is 8.60. The molecule has 1 saturated heterocycles. The molecule has 3 aromatic heterocycles. The first-order valence-corrected chi connectivity index (χ1v) is 14.6. The molecule has 0 bridgehead atoms. The lowest BCUT2D eigenvalue weighted by Gasteiger charge is -2.41. The van der Waals surface area contributed by atoms with Crippen LogP contribution in [0, 0.1) is 18.3 Å². The van der Waals surface area contributed by atoms with Gasteiger partial charge in [-0.3, -0.25) is 9.30 Å². The average Bonchev–Trinajstić information content (AvgIpc) is 3.67. The van der Waals surface area contributed by atoms with Crippen molar-refractivity contribution in [3.63, 3.8) is 0 Å². The number of fused-ring (bicyclic) bond motifs is 1. The van der Waals surface area contributed by atoms with E-state index in [1.165, 1.54) is 11.1 Å². The van der Waals surface area contributed by atoms with Gasteiger partial charge >= 0.3 is 6.09 Å². The molecule has 5 aromatic rings. The van der Waals surface area contributed by atoms with Crippen molar-refractivity contribution in [1.82, 2.24) is 24.3 Å². The Kier molecular flexibility index (Phi) is 7.72. The van der Waals surface area contributed by atoms with Crippen LogP contribution in [0.3, 0.4) is 0 Å². The summed E-state index contributed by atoms with van der Waals surface area (Å²) in [6, 6.07) is 23.2. The second-order valence-electron chi connectivity index (χ2n) is 11.3. The van der Waals surface area contributed by atoms with Crippen molar-refractivity contribution in [2.24, 2.45) is 0 Å². The largest absolute Gasteiger partial charge is 0.465 e. The first kappa shape index (κ1) is 28.8. The summed E-state index contributed by atoms with van der Waals surface area (Å²) in [6.07, 6.45) is 4.77. The van der Waals surface area contributed by atoms with Crippen molar-refractivity contribution in [3.8, 4) is 17.5 Å². The Morgan fingerprint density at radius 2 is 1.82 bits per heavy atom. The van der Waals surface area contributed by atoms with E-state index in [4.69, 9.17) is 4.98 Å². The van der Waals surface area contributed by atoms with Crippen molar-refractivity contribution in [2.45, 2.75) is 50.8 Å². The molecule has 4 heterocycles. The number of carboxylic acid groups (broad SMARTS) is 1. The molecule has 0 spiro atoms. The van der Waals surface area contributed by atoms with Crippen LogP contribution in [0.15, 0.2) is 85.3 Å². The molecule has 6 rings (SSSR count). The van der Waals surface area contributed by atoms with E-state index in [1.807, 2.05) is 91.2 Å². The zero-order valence-corrected chi connectivity index (χ0v) is 24.6. The van der Waals surface area contributed by atoms with Gasteiger partial charge in [0.2, 0.25) is 5.95 Å². The van der Waals surface area contributed by atoms with Crippen LogP contribution >= 0.6 is 0 Å². The number of amides is 1. The van der Waals surface area contributed by atoms with E-state index in [2.05, 4.69) is 21.4 Å². The van der Waals surface area contributed by atoms with E-state index in [-0.39, 0.29) is 6.04 Å². The van der Waals surface area contributed by atoms with Crippen molar-refractivity contribution in [3.05, 3.63) is 113 Å². The molecule has 1 aliphatic heterocycles. The molecule has 44 heavy (non-hydrogen) atoms. The van der Waals surface area contributed by atoms with E-state index in [0.29, 0.717) is 54.3 Å². The monoisotopic (exact) mass is 587 g/mol. The topological polar surface area (TPSA) is 140 Å². The van der Waals surface area contributed by atoms with E-state index in [1.54, 1.807) is 6.20 Å². The molecule has 1 unspecified atom stereocenters. The molecular formula is C34H33N7O3. The number of anilines is 1. The predicted molar refractivity (Wildman–Crippen MR) is 166 cm³/mol. The summed E-state index contributed by atoms with van der Waals surface area (Å²) >= 11 is 0. The third-order valence-corrected chi connectivity index (χ3v) is 8.60. The van der Waals surface area contributed by atoms with E-state index in [0.717, 1.165) is 22.3 Å². The number of nitrogens with one attached hydrogen (secondary N) is 1. The SMILES string of the molecule is Cc1cccn2c(-c3nc(N[C@@H](C)c4ccc(C(O)[C@@]5(Cc6ccccc6)CCCN5C(=O)O)cc4)ncc3C#N)cnc12. The smallest absolute Gasteiger partial charge is 0.407 e. The quantitative estimate of drug-likeness (QED) is 0.203. The van der Waals surface area contributed by atoms with Crippen molar-refractivity contribution < 1.29 is 15.0 Å². The lowest BCUT2D eigenvalue weighted by Crippen LogP contribution is -2.52. The molecule has 0 aliphatic carbocycles. The number of carbonyl (C=O) groups is 1. The Labute approximate surface area is 255 Å². The minimum atomic E-state index is -1.02. The van der Waals surface area contributed by atoms with Gasteiger partial charge in [0, 0.05) is 12.7 Å². The van der Waals surface area contributed by atoms with Gasteiger partial charge in [0.1, 0.15) is 23.5 Å². The summed E-state index contributed by atoms with van der Waals surface area (Å²) in [5, 5.41) is 34.8. The summed E-state index contributed by atoms with van der Waals surface area (Å²) in [4.78, 5) is 27.3. The highest BCUT2D eigenvalue weighted by Gasteiger charge is 2.49. The first-order chi connectivity index (χ1) is 21.3. The fourth-order valence-corrected chi connectivity index (χ4v) is 6.31. The molecule has 1 aliphatic rings. The molecule has 3 atom stereocenters. The highest BCUT2D eigenvalue weighted by molar-refractivity contribution is 5.68. The molecule has 2 aromatic carbocycles. The van der Waals surface area contributed by atoms with Crippen LogP contribution in [0.25, 0.3) is 17.0 Å². The van der Waals surface area contributed by atoms with Gasteiger partial charge in [-0.2, -0.15) is 5.26 Å². The van der Waals surface area contributed by atoms with Crippen LogP contribution in [0.1, 0.15) is 59.7 Å².